The van der Waals surface area contributed by atoms with Crippen molar-refractivity contribution < 1.29 is 4.79 Å². The van der Waals surface area contributed by atoms with Gasteiger partial charge in [0.05, 0.1) is 0 Å². The first-order valence-electron chi connectivity index (χ1n) is 12.6. The standard InChI is InChI=1S/C28H44O/c1-18(2)19(3)7-8-20(4)24-11-12-25-23-10-9-21-17-22(29)13-15-27(21,5)26(23)14-16-28(24,25)6/h7-8,17-20,23-26H,9-16H2,1-6H3/b8-7+/t19-,20-,23+,24-,25?,26?,27+,28-/m1/s1. The SMILES string of the molecule is CC(C)[C@H](C)/C=C/[C@@H](C)[C@H]1CCC2[C@@H]3CCC4=CC(=O)CC[C@]4(C)C3CC[C@@]21C. The van der Waals surface area contributed by atoms with Gasteiger partial charge in [-0.3, -0.25) is 4.79 Å². The Bertz CT molecular complexity index is 699. The van der Waals surface area contributed by atoms with E-state index in [1.54, 1.807) is 0 Å². The number of ketones is 1. The van der Waals surface area contributed by atoms with E-state index in [2.05, 4.69) is 53.7 Å². The van der Waals surface area contributed by atoms with Crippen molar-refractivity contribution in [1.29, 1.82) is 0 Å². The Kier molecular flexibility index (Phi) is 5.67. The summed E-state index contributed by atoms with van der Waals surface area (Å²) in [5.41, 5.74) is 2.34. The van der Waals surface area contributed by atoms with Crippen molar-refractivity contribution in [2.24, 2.45) is 52.3 Å². The molecule has 4 aliphatic rings. The fraction of sp³-hybridized carbons (Fsp3) is 0.821. The lowest BCUT2D eigenvalue weighted by molar-refractivity contribution is -0.117. The van der Waals surface area contributed by atoms with Crippen LogP contribution in [-0.2, 0) is 4.79 Å². The molecule has 162 valence electrons. The summed E-state index contributed by atoms with van der Waals surface area (Å²) in [6, 6.07) is 0. The summed E-state index contributed by atoms with van der Waals surface area (Å²) >= 11 is 0. The Labute approximate surface area is 179 Å². The lowest BCUT2D eigenvalue weighted by Crippen LogP contribution is -2.50. The first-order chi connectivity index (χ1) is 13.7. The normalized spacial score (nSPS) is 44.2. The lowest BCUT2D eigenvalue weighted by atomic mass is 9.46. The average Bonchev–Trinajstić information content (AvgIpc) is 3.03. The zero-order valence-electron chi connectivity index (χ0n) is 19.8. The minimum atomic E-state index is 0.314. The van der Waals surface area contributed by atoms with Crippen molar-refractivity contribution in [1.82, 2.24) is 0 Å². The summed E-state index contributed by atoms with van der Waals surface area (Å²) in [5.74, 6) is 5.95. The van der Waals surface area contributed by atoms with E-state index in [0.717, 1.165) is 42.4 Å². The molecular weight excluding hydrogens is 352 g/mol. The minimum absolute atomic E-state index is 0.314. The molecule has 3 fully saturated rings. The van der Waals surface area contributed by atoms with Crippen molar-refractivity contribution >= 4 is 5.78 Å². The topological polar surface area (TPSA) is 17.1 Å². The first kappa shape index (κ1) is 21.4. The molecule has 0 bridgehead atoms. The van der Waals surface area contributed by atoms with Gasteiger partial charge >= 0.3 is 0 Å². The van der Waals surface area contributed by atoms with Gasteiger partial charge in [0, 0.05) is 6.42 Å². The van der Waals surface area contributed by atoms with E-state index in [1.165, 1.54) is 44.1 Å². The van der Waals surface area contributed by atoms with Gasteiger partial charge in [0.2, 0.25) is 0 Å². The van der Waals surface area contributed by atoms with Crippen molar-refractivity contribution in [3.8, 4) is 0 Å². The predicted octanol–water partition coefficient (Wildman–Crippen LogP) is 7.62. The number of carbonyl (C=O) groups is 1. The summed E-state index contributed by atoms with van der Waals surface area (Å²) < 4.78 is 0. The van der Waals surface area contributed by atoms with E-state index < -0.39 is 0 Å². The van der Waals surface area contributed by atoms with Crippen LogP contribution < -0.4 is 0 Å². The van der Waals surface area contributed by atoms with E-state index in [-0.39, 0.29) is 0 Å². The summed E-state index contributed by atoms with van der Waals surface area (Å²) in [6.07, 6.45) is 17.2. The maximum Gasteiger partial charge on any atom is 0.155 e. The van der Waals surface area contributed by atoms with Crippen molar-refractivity contribution in [3.05, 3.63) is 23.8 Å². The van der Waals surface area contributed by atoms with Crippen molar-refractivity contribution in [3.63, 3.8) is 0 Å². The fourth-order valence-electron chi connectivity index (χ4n) is 8.17. The number of carbonyl (C=O) groups excluding carboxylic acids is 1. The molecule has 1 nitrogen and oxygen atoms in total. The molecular formula is C28H44O. The molecule has 0 spiro atoms. The zero-order chi connectivity index (χ0) is 21.0. The number of rotatable bonds is 4. The van der Waals surface area contributed by atoms with E-state index in [1.807, 2.05) is 6.08 Å². The van der Waals surface area contributed by atoms with Crippen LogP contribution in [0.5, 0.6) is 0 Å². The molecule has 3 saturated carbocycles. The molecule has 8 atom stereocenters. The molecule has 0 aromatic rings. The second-order valence-electron chi connectivity index (χ2n) is 12.0. The highest BCUT2D eigenvalue weighted by Crippen LogP contribution is 2.67. The highest BCUT2D eigenvalue weighted by atomic mass is 16.1. The van der Waals surface area contributed by atoms with Crippen LogP contribution in [0.2, 0.25) is 0 Å². The summed E-state index contributed by atoms with van der Waals surface area (Å²) in [6.45, 7) is 14.7. The maximum absolute atomic E-state index is 12.0. The van der Waals surface area contributed by atoms with Crippen molar-refractivity contribution in [2.45, 2.75) is 92.9 Å². The molecule has 1 heteroatoms. The van der Waals surface area contributed by atoms with Crippen LogP contribution in [0.1, 0.15) is 92.9 Å². The molecule has 4 aliphatic carbocycles. The molecule has 4 rings (SSSR count). The number of allylic oxidation sites excluding steroid dienone is 3. The van der Waals surface area contributed by atoms with E-state index in [0.29, 0.717) is 28.4 Å². The smallest absolute Gasteiger partial charge is 0.155 e. The largest absolute Gasteiger partial charge is 0.295 e. The molecule has 0 amide bonds. The third-order valence-electron chi connectivity index (χ3n) is 10.4. The number of fused-ring (bicyclic) bond motifs is 5. The lowest BCUT2D eigenvalue weighted by Gasteiger charge is -2.58. The Morgan fingerprint density at radius 3 is 2.41 bits per heavy atom. The highest BCUT2D eigenvalue weighted by molar-refractivity contribution is 5.91. The molecule has 0 N–H and O–H groups in total. The van der Waals surface area contributed by atoms with Crippen LogP contribution >= 0.6 is 0 Å². The number of hydrogen-bond donors (Lipinski definition) is 0. The molecule has 29 heavy (non-hydrogen) atoms. The maximum atomic E-state index is 12.0. The second-order valence-corrected chi connectivity index (χ2v) is 12.0. The molecule has 0 radical (unpaired) electrons. The molecule has 0 heterocycles. The summed E-state index contributed by atoms with van der Waals surface area (Å²) in [7, 11) is 0. The van der Waals surface area contributed by atoms with E-state index in [4.69, 9.17) is 0 Å². The van der Waals surface area contributed by atoms with Gasteiger partial charge in [-0.15, -0.1) is 0 Å². The Morgan fingerprint density at radius 1 is 0.931 bits per heavy atom. The first-order valence-corrected chi connectivity index (χ1v) is 12.6. The van der Waals surface area contributed by atoms with Crippen LogP contribution in [0.15, 0.2) is 23.8 Å². The third-order valence-corrected chi connectivity index (χ3v) is 10.4. The Balaban J connectivity index is 1.53. The Hall–Kier alpha value is -0.850. The molecule has 0 aliphatic heterocycles. The summed E-state index contributed by atoms with van der Waals surface area (Å²) in [4.78, 5) is 12.0. The average molecular weight is 397 g/mol. The van der Waals surface area contributed by atoms with Gasteiger partial charge in [-0.25, -0.2) is 0 Å². The van der Waals surface area contributed by atoms with E-state index >= 15 is 0 Å². The van der Waals surface area contributed by atoms with Gasteiger partial charge in [0.25, 0.3) is 0 Å². The second kappa shape index (κ2) is 7.69. The molecule has 0 aromatic carbocycles. The quantitative estimate of drug-likeness (QED) is 0.447. The molecule has 0 aromatic heterocycles. The van der Waals surface area contributed by atoms with Gasteiger partial charge in [-0.1, -0.05) is 59.3 Å². The van der Waals surface area contributed by atoms with Gasteiger partial charge in [-0.05, 0) is 103 Å². The van der Waals surface area contributed by atoms with Gasteiger partial charge in [-0.2, -0.15) is 0 Å². The van der Waals surface area contributed by atoms with Crippen LogP contribution in [0, 0.1) is 52.3 Å². The minimum Gasteiger partial charge on any atom is -0.295 e. The van der Waals surface area contributed by atoms with Gasteiger partial charge in [0.15, 0.2) is 5.78 Å². The van der Waals surface area contributed by atoms with Crippen LogP contribution in [-0.4, -0.2) is 5.78 Å². The predicted molar refractivity (Wildman–Crippen MR) is 123 cm³/mol. The van der Waals surface area contributed by atoms with Gasteiger partial charge < -0.3 is 0 Å². The monoisotopic (exact) mass is 396 g/mol. The van der Waals surface area contributed by atoms with Gasteiger partial charge in [0.1, 0.15) is 0 Å². The summed E-state index contributed by atoms with van der Waals surface area (Å²) in [5, 5.41) is 0. The van der Waals surface area contributed by atoms with Crippen LogP contribution in [0.25, 0.3) is 0 Å². The molecule has 0 saturated heterocycles. The van der Waals surface area contributed by atoms with Crippen LogP contribution in [0.4, 0.5) is 0 Å². The third kappa shape index (κ3) is 3.49. The number of hydrogen-bond acceptors (Lipinski definition) is 1. The van der Waals surface area contributed by atoms with Crippen LogP contribution in [0.3, 0.4) is 0 Å². The fourth-order valence-corrected chi connectivity index (χ4v) is 8.17. The Morgan fingerprint density at radius 2 is 1.69 bits per heavy atom. The molecule has 2 unspecified atom stereocenters. The highest BCUT2D eigenvalue weighted by Gasteiger charge is 2.59. The van der Waals surface area contributed by atoms with E-state index in [9.17, 15) is 4.79 Å². The van der Waals surface area contributed by atoms with Crippen molar-refractivity contribution in [2.75, 3.05) is 0 Å². The zero-order valence-corrected chi connectivity index (χ0v) is 19.8.